The number of hydrogen-bond acceptors (Lipinski definition) is 6. The third kappa shape index (κ3) is 3.62. The summed E-state index contributed by atoms with van der Waals surface area (Å²) in [6.45, 7) is 0.734. The Morgan fingerprint density at radius 2 is 2.17 bits per heavy atom. The van der Waals surface area contributed by atoms with Crippen LogP contribution in [0.2, 0.25) is 0 Å². The molecule has 2 N–H and O–H groups in total. The van der Waals surface area contributed by atoms with E-state index in [1.807, 2.05) is 0 Å². The molecule has 1 heterocycles. The van der Waals surface area contributed by atoms with E-state index in [-0.39, 0.29) is 16.7 Å². The van der Waals surface area contributed by atoms with Crippen LogP contribution in [0.5, 0.6) is 5.75 Å². The number of nitro benzene ring substituents is 1. The Morgan fingerprint density at radius 1 is 1.43 bits per heavy atom. The molecule has 1 aliphatic rings. The Kier molecular flexibility index (Phi) is 5.55. The topological polar surface area (TPSA) is 116 Å². The number of benzene rings is 1. The number of piperidine rings is 1. The van der Waals surface area contributed by atoms with Gasteiger partial charge in [-0.15, -0.1) is 0 Å². The van der Waals surface area contributed by atoms with Crippen molar-refractivity contribution in [2.24, 2.45) is 5.73 Å². The molecule has 1 aromatic rings. The summed E-state index contributed by atoms with van der Waals surface area (Å²) in [5.74, 6) is 0.243. The molecule has 1 unspecified atom stereocenters. The summed E-state index contributed by atoms with van der Waals surface area (Å²) in [6, 6.07) is 3.58. The second kappa shape index (κ2) is 7.24. The zero-order valence-electron chi connectivity index (χ0n) is 13.0. The highest BCUT2D eigenvalue weighted by molar-refractivity contribution is 7.89. The van der Waals surface area contributed by atoms with Gasteiger partial charge < -0.3 is 10.5 Å². The molecule has 0 bridgehead atoms. The predicted molar refractivity (Wildman–Crippen MR) is 84.9 cm³/mol. The average molecular weight is 343 g/mol. The summed E-state index contributed by atoms with van der Waals surface area (Å²) in [5, 5.41) is 11.3. The summed E-state index contributed by atoms with van der Waals surface area (Å²) in [5.41, 5.74) is 5.10. The molecule has 8 nitrogen and oxygen atoms in total. The van der Waals surface area contributed by atoms with Crippen LogP contribution in [0.15, 0.2) is 23.1 Å². The molecule has 2 rings (SSSR count). The minimum Gasteiger partial charge on any atom is -0.497 e. The minimum atomic E-state index is -3.95. The molecule has 0 radical (unpaired) electrons. The molecule has 1 aliphatic heterocycles. The Balaban J connectivity index is 2.47. The van der Waals surface area contributed by atoms with Gasteiger partial charge in [0.05, 0.1) is 18.1 Å². The van der Waals surface area contributed by atoms with Gasteiger partial charge in [-0.05, 0) is 37.9 Å². The van der Waals surface area contributed by atoms with Crippen LogP contribution in [-0.4, -0.2) is 43.9 Å². The van der Waals surface area contributed by atoms with Crippen molar-refractivity contribution in [3.05, 3.63) is 28.3 Å². The van der Waals surface area contributed by atoms with Gasteiger partial charge in [0.25, 0.3) is 5.69 Å². The molecule has 23 heavy (non-hydrogen) atoms. The molecule has 128 valence electrons. The lowest BCUT2D eigenvalue weighted by Gasteiger charge is -2.34. The van der Waals surface area contributed by atoms with E-state index < -0.39 is 20.6 Å². The van der Waals surface area contributed by atoms with E-state index in [1.54, 1.807) is 0 Å². The Bertz CT molecular complexity index is 675. The monoisotopic (exact) mass is 343 g/mol. The van der Waals surface area contributed by atoms with E-state index >= 15 is 0 Å². The molecule has 0 aromatic heterocycles. The van der Waals surface area contributed by atoms with Crippen molar-refractivity contribution in [1.82, 2.24) is 4.31 Å². The molecule has 1 aromatic carbocycles. The second-order valence-corrected chi connectivity index (χ2v) is 7.29. The van der Waals surface area contributed by atoms with Crippen LogP contribution in [0.4, 0.5) is 5.69 Å². The first-order chi connectivity index (χ1) is 10.9. The molecule has 0 saturated carbocycles. The number of nitrogens with two attached hydrogens (primary N) is 1. The summed E-state index contributed by atoms with van der Waals surface area (Å²) in [7, 11) is -2.58. The fraction of sp³-hybridized carbons (Fsp3) is 0.571. The van der Waals surface area contributed by atoms with Crippen LogP contribution >= 0.6 is 0 Å². The Labute approximate surface area is 135 Å². The van der Waals surface area contributed by atoms with Gasteiger partial charge in [0.15, 0.2) is 4.90 Å². The SMILES string of the molecule is COc1ccc(S(=O)(=O)N2CCCCC2CCN)c([N+](=O)[O-])c1. The third-order valence-electron chi connectivity index (χ3n) is 4.02. The maximum atomic E-state index is 12.9. The van der Waals surface area contributed by atoms with Gasteiger partial charge in [0.1, 0.15) is 5.75 Å². The fourth-order valence-electron chi connectivity index (χ4n) is 2.88. The highest BCUT2D eigenvalue weighted by Crippen LogP contribution is 2.33. The van der Waals surface area contributed by atoms with Crippen LogP contribution in [-0.2, 0) is 10.0 Å². The number of sulfonamides is 1. The quantitative estimate of drug-likeness (QED) is 0.618. The number of nitro groups is 1. The minimum absolute atomic E-state index is 0.208. The molecule has 9 heteroatoms. The predicted octanol–water partition coefficient (Wildman–Crippen LogP) is 1.50. The zero-order chi connectivity index (χ0) is 17.0. The van der Waals surface area contributed by atoms with Gasteiger partial charge in [0.2, 0.25) is 10.0 Å². The number of hydrogen-bond donors (Lipinski definition) is 1. The summed E-state index contributed by atoms with van der Waals surface area (Å²) >= 11 is 0. The molecule has 1 fully saturated rings. The van der Waals surface area contributed by atoms with Crippen LogP contribution in [0.25, 0.3) is 0 Å². The van der Waals surface area contributed by atoms with Crippen LogP contribution in [0.3, 0.4) is 0 Å². The van der Waals surface area contributed by atoms with Crippen molar-refractivity contribution in [2.45, 2.75) is 36.6 Å². The second-order valence-electron chi connectivity index (χ2n) is 5.43. The zero-order valence-corrected chi connectivity index (χ0v) is 13.8. The number of methoxy groups -OCH3 is 1. The highest BCUT2D eigenvalue weighted by Gasteiger charge is 2.37. The molecule has 1 atom stereocenters. The first kappa shape index (κ1) is 17.6. The van der Waals surface area contributed by atoms with Crippen molar-refractivity contribution >= 4 is 15.7 Å². The molecule has 0 aliphatic carbocycles. The lowest BCUT2D eigenvalue weighted by atomic mass is 10.0. The standard InChI is InChI=1S/C14H21N3O5S/c1-22-12-5-6-14(13(10-12)17(18)19)23(20,21)16-9-3-2-4-11(16)7-8-15/h5-6,10-11H,2-4,7-9,15H2,1H3. The number of ether oxygens (including phenoxy) is 1. The molecule has 0 spiro atoms. The van der Waals surface area contributed by atoms with Crippen LogP contribution in [0.1, 0.15) is 25.7 Å². The van der Waals surface area contributed by atoms with Crippen molar-refractivity contribution in [1.29, 1.82) is 0 Å². The van der Waals surface area contributed by atoms with E-state index in [2.05, 4.69) is 0 Å². The molecule has 0 amide bonds. The van der Waals surface area contributed by atoms with E-state index in [0.29, 0.717) is 19.5 Å². The van der Waals surface area contributed by atoms with Crippen LogP contribution in [0, 0.1) is 10.1 Å². The lowest BCUT2D eigenvalue weighted by Crippen LogP contribution is -2.44. The largest absolute Gasteiger partial charge is 0.497 e. The Morgan fingerprint density at radius 3 is 2.78 bits per heavy atom. The van der Waals surface area contributed by atoms with E-state index in [0.717, 1.165) is 25.3 Å². The van der Waals surface area contributed by atoms with Crippen molar-refractivity contribution in [3.8, 4) is 5.75 Å². The first-order valence-electron chi connectivity index (χ1n) is 7.46. The van der Waals surface area contributed by atoms with Gasteiger partial charge in [-0.1, -0.05) is 6.42 Å². The van der Waals surface area contributed by atoms with Crippen molar-refractivity contribution in [3.63, 3.8) is 0 Å². The normalized spacial score (nSPS) is 19.5. The van der Waals surface area contributed by atoms with Crippen molar-refractivity contribution in [2.75, 3.05) is 20.2 Å². The maximum absolute atomic E-state index is 12.9. The van der Waals surface area contributed by atoms with Gasteiger partial charge in [-0.3, -0.25) is 10.1 Å². The molecule has 1 saturated heterocycles. The molecular formula is C14H21N3O5S. The number of nitrogens with zero attached hydrogens (tertiary/aromatic N) is 2. The summed E-state index contributed by atoms with van der Waals surface area (Å²) in [6.07, 6.45) is 2.94. The van der Waals surface area contributed by atoms with Gasteiger partial charge in [0, 0.05) is 12.6 Å². The average Bonchev–Trinajstić information content (AvgIpc) is 2.54. The van der Waals surface area contributed by atoms with E-state index in [1.165, 1.54) is 23.5 Å². The summed E-state index contributed by atoms with van der Waals surface area (Å²) in [4.78, 5) is 10.3. The third-order valence-corrected chi connectivity index (χ3v) is 6.02. The van der Waals surface area contributed by atoms with Crippen LogP contribution < -0.4 is 10.5 Å². The lowest BCUT2D eigenvalue weighted by molar-refractivity contribution is -0.387. The van der Waals surface area contributed by atoms with Gasteiger partial charge in [-0.2, -0.15) is 4.31 Å². The summed E-state index contributed by atoms with van der Waals surface area (Å²) < 4.78 is 32.2. The maximum Gasteiger partial charge on any atom is 0.293 e. The van der Waals surface area contributed by atoms with Gasteiger partial charge in [-0.25, -0.2) is 8.42 Å². The fourth-order valence-corrected chi connectivity index (χ4v) is 4.75. The van der Waals surface area contributed by atoms with E-state index in [9.17, 15) is 18.5 Å². The Hall–Kier alpha value is -1.71. The molecular weight excluding hydrogens is 322 g/mol. The van der Waals surface area contributed by atoms with Crippen molar-refractivity contribution < 1.29 is 18.1 Å². The van der Waals surface area contributed by atoms with E-state index in [4.69, 9.17) is 10.5 Å². The highest BCUT2D eigenvalue weighted by atomic mass is 32.2. The smallest absolute Gasteiger partial charge is 0.293 e. The first-order valence-corrected chi connectivity index (χ1v) is 8.90. The number of rotatable bonds is 6. The van der Waals surface area contributed by atoms with Gasteiger partial charge >= 0.3 is 0 Å².